The number of carbonyl (C=O) groups excluding carboxylic acids is 4. The number of aliphatic imine (C=N–C) groups is 1. The second-order valence-electron chi connectivity index (χ2n) is 14.9. The van der Waals surface area contributed by atoms with Gasteiger partial charge in [0.1, 0.15) is 18.2 Å². The van der Waals surface area contributed by atoms with Crippen molar-refractivity contribution in [1.29, 1.82) is 0 Å². The molecular formula is C37H52N8O11. The Bertz CT molecular complexity index is 1760. The number of piperidine rings is 2. The predicted octanol–water partition coefficient (Wildman–Crippen LogP) is -0.260. The molecule has 0 spiro atoms. The third-order valence-electron chi connectivity index (χ3n) is 11.5. The second-order valence-corrected chi connectivity index (χ2v) is 14.9. The van der Waals surface area contributed by atoms with Crippen molar-refractivity contribution in [3.8, 4) is 11.5 Å². The maximum atomic E-state index is 14.0. The quantitative estimate of drug-likeness (QED) is 0.0493. The van der Waals surface area contributed by atoms with E-state index < -0.39 is 72.1 Å². The van der Waals surface area contributed by atoms with Crippen molar-refractivity contribution in [1.82, 2.24) is 25.8 Å². The second kappa shape index (κ2) is 17.9. The first-order valence-corrected chi connectivity index (χ1v) is 18.7. The van der Waals surface area contributed by atoms with Gasteiger partial charge in [-0.05, 0) is 82.2 Å². The molecule has 5 rings (SSSR count). The number of methoxy groups -OCH3 is 1. The average Bonchev–Trinajstić information content (AvgIpc) is 3.15. The number of carbonyl (C=O) groups is 6. The lowest BCUT2D eigenvalue weighted by Crippen LogP contribution is -2.60. The molecule has 2 bridgehead atoms. The van der Waals surface area contributed by atoms with Gasteiger partial charge in [0.05, 0.1) is 25.6 Å². The van der Waals surface area contributed by atoms with Crippen molar-refractivity contribution in [3.05, 3.63) is 35.1 Å². The molecule has 2 saturated heterocycles. The molecular weight excluding hydrogens is 732 g/mol. The number of likely N-dealkylation sites (N-methyl/N-ethyl adjacent to an activating group) is 1. The van der Waals surface area contributed by atoms with Crippen molar-refractivity contribution < 1.29 is 53.6 Å². The summed E-state index contributed by atoms with van der Waals surface area (Å²) in [5.74, 6) is -4.55. The van der Waals surface area contributed by atoms with Crippen molar-refractivity contribution in [3.63, 3.8) is 0 Å². The first-order valence-electron chi connectivity index (χ1n) is 18.7. The van der Waals surface area contributed by atoms with Crippen molar-refractivity contribution >= 4 is 41.7 Å². The zero-order chi connectivity index (χ0) is 40.7. The van der Waals surface area contributed by atoms with Crippen LogP contribution < -0.4 is 32.2 Å². The predicted molar refractivity (Wildman–Crippen MR) is 199 cm³/mol. The van der Waals surface area contributed by atoms with E-state index >= 15 is 0 Å². The Morgan fingerprint density at radius 2 is 1.86 bits per heavy atom. The Kier molecular flexibility index (Phi) is 13.3. The number of phenols is 1. The highest BCUT2D eigenvalue weighted by atomic mass is 16.6. The van der Waals surface area contributed by atoms with E-state index in [0.29, 0.717) is 24.4 Å². The number of rotatable bonds is 15. The third-order valence-corrected chi connectivity index (χ3v) is 11.5. The highest BCUT2D eigenvalue weighted by molar-refractivity contribution is 5.95. The van der Waals surface area contributed by atoms with Gasteiger partial charge in [-0.1, -0.05) is 6.07 Å². The number of likely N-dealkylation sites (tertiary alicyclic amines) is 2. The van der Waals surface area contributed by atoms with Gasteiger partial charge in [0.25, 0.3) is 0 Å². The molecule has 4 aliphatic rings. The van der Waals surface area contributed by atoms with E-state index in [4.69, 9.17) is 26.0 Å². The summed E-state index contributed by atoms with van der Waals surface area (Å²) in [6, 6.07) is 2.08. The number of nitrogens with one attached hydrogen (secondary N) is 3. The van der Waals surface area contributed by atoms with Crippen LogP contribution >= 0.6 is 0 Å². The highest BCUT2D eigenvalue weighted by Crippen LogP contribution is 2.59. The highest BCUT2D eigenvalue weighted by Gasteiger charge is 2.55. The number of allylic oxidation sites excluding steroid dienone is 2. The Morgan fingerprint density at radius 3 is 2.55 bits per heavy atom. The number of fused-ring (bicyclic) bond motifs is 1. The first-order chi connectivity index (χ1) is 26.6. The number of carboxylic acids is 2. The molecule has 2 aliphatic heterocycles. The lowest BCUT2D eigenvalue weighted by atomic mass is 9.53. The summed E-state index contributed by atoms with van der Waals surface area (Å²) in [4.78, 5) is 82.3. The van der Waals surface area contributed by atoms with Crippen LogP contribution in [-0.2, 0) is 40.5 Å². The van der Waals surface area contributed by atoms with E-state index in [1.165, 1.54) is 12.0 Å². The number of nitrogens with two attached hydrogens (primary N) is 2. The number of ether oxygens (including phenoxy) is 2. The summed E-state index contributed by atoms with van der Waals surface area (Å²) >= 11 is 0. The van der Waals surface area contributed by atoms with Crippen LogP contribution in [0.3, 0.4) is 0 Å². The number of nitrogens with zero attached hydrogens (tertiary/aromatic N) is 3. The van der Waals surface area contributed by atoms with Crippen LogP contribution in [0.15, 0.2) is 29.0 Å². The number of aliphatic carboxylic acids is 2. The lowest BCUT2D eigenvalue weighted by molar-refractivity contribution is -0.144. The molecule has 0 aromatic heterocycles. The molecule has 10 N–H and O–H groups in total. The Hall–Kier alpha value is -5.59. The van der Waals surface area contributed by atoms with Gasteiger partial charge >= 0.3 is 18.0 Å². The van der Waals surface area contributed by atoms with E-state index in [1.807, 2.05) is 12.1 Å². The van der Waals surface area contributed by atoms with E-state index in [2.05, 4.69) is 32.9 Å². The number of aromatic hydroxyl groups is 1. The monoisotopic (exact) mass is 784 g/mol. The molecule has 2 aliphatic carbocycles. The van der Waals surface area contributed by atoms with Crippen molar-refractivity contribution in [2.24, 2.45) is 28.3 Å². The zero-order valence-electron chi connectivity index (χ0n) is 31.6. The van der Waals surface area contributed by atoms with Gasteiger partial charge < -0.3 is 62.0 Å². The van der Waals surface area contributed by atoms with E-state index in [9.17, 15) is 39.0 Å². The number of amides is 4. The van der Waals surface area contributed by atoms with Gasteiger partial charge in [-0.3, -0.25) is 29.0 Å². The first kappa shape index (κ1) is 41.6. The topological polar surface area (TPSA) is 289 Å². The van der Waals surface area contributed by atoms with Gasteiger partial charge in [0, 0.05) is 43.1 Å². The molecule has 0 radical (unpaired) electrons. The molecule has 0 saturated carbocycles. The van der Waals surface area contributed by atoms with Gasteiger partial charge in [-0.15, -0.1) is 0 Å². The molecule has 1 aromatic carbocycles. The fourth-order valence-electron chi connectivity index (χ4n) is 8.77. The summed E-state index contributed by atoms with van der Waals surface area (Å²) in [6.45, 7) is 0.249. The molecule has 4 amide bonds. The molecule has 306 valence electrons. The maximum Gasteiger partial charge on any atom is 0.415 e. The SMILES string of the molecule is COc1ccc2c(c1O)C13CCN(C)C(C2)C1CC=C(OC(=O)N1CCC(C(=O)O)CC1CNC(=O)C(CCCN=C(N)N)NC(=O)CNC(=O)CC(=O)O)C3. The largest absolute Gasteiger partial charge is 0.504 e. The van der Waals surface area contributed by atoms with E-state index in [1.54, 1.807) is 6.07 Å². The summed E-state index contributed by atoms with van der Waals surface area (Å²) in [7, 11) is 3.62. The Labute approximate surface area is 323 Å². The number of hydrogen-bond acceptors (Lipinski definition) is 11. The molecule has 19 nitrogen and oxygen atoms in total. The minimum Gasteiger partial charge on any atom is -0.504 e. The average molecular weight is 785 g/mol. The number of hydrogen-bond donors (Lipinski definition) is 8. The molecule has 6 unspecified atom stereocenters. The summed E-state index contributed by atoms with van der Waals surface area (Å²) < 4.78 is 11.6. The fourth-order valence-corrected chi connectivity index (χ4v) is 8.77. The molecule has 19 heteroatoms. The zero-order valence-corrected chi connectivity index (χ0v) is 31.6. The third kappa shape index (κ3) is 9.43. The smallest absolute Gasteiger partial charge is 0.415 e. The number of carboxylic acid groups (broad SMARTS) is 2. The Morgan fingerprint density at radius 1 is 1.09 bits per heavy atom. The summed E-state index contributed by atoms with van der Waals surface area (Å²) in [5, 5.41) is 37.5. The van der Waals surface area contributed by atoms with Crippen LogP contribution in [0.4, 0.5) is 4.79 Å². The molecule has 6 atom stereocenters. The Balaban J connectivity index is 1.29. The number of benzene rings is 1. The van der Waals surface area contributed by atoms with Crippen LogP contribution in [0, 0.1) is 11.8 Å². The molecule has 2 heterocycles. The van der Waals surface area contributed by atoms with Gasteiger partial charge in [0.15, 0.2) is 17.5 Å². The van der Waals surface area contributed by atoms with Gasteiger partial charge in [-0.25, -0.2) is 4.79 Å². The van der Waals surface area contributed by atoms with Crippen LogP contribution in [0.2, 0.25) is 0 Å². The maximum absolute atomic E-state index is 14.0. The normalized spacial score (nSPS) is 24.5. The van der Waals surface area contributed by atoms with Gasteiger partial charge in [-0.2, -0.15) is 0 Å². The minimum atomic E-state index is -1.37. The molecule has 2 fully saturated rings. The lowest BCUT2D eigenvalue weighted by Gasteiger charge is -2.57. The standard InChI is InChI=1S/C37H52N8O11/c1-44-13-10-37-17-23(6-7-24(37)26(44)15-20-5-8-27(55-2)32(50)31(20)37)56-36(54)45-12-9-21(34(52)53)14-22(45)18-42-33(51)25(4-3-11-40-35(38)39)43-29(47)19-41-28(46)16-30(48)49/h5-6,8,21-22,24-26,50H,3-4,7,9-19H2,1-2H3,(H,41,46)(H,42,51)(H,43,47)(H,48,49)(H,52,53)(H4,38,39,40). The summed E-state index contributed by atoms with van der Waals surface area (Å²) in [5.41, 5.74) is 12.2. The number of guanidine groups is 1. The fraction of sp³-hybridized carbons (Fsp3) is 0.595. The molecule has 1 aromatic rings. The van der Waals surface area contributed by atoms with Crippen LogP contribution in [-0.4, -0.2) is 132 Å². The molecule has 56 heavy (non-hydrogen) atoms. The van der Waals surface area contributed by atoms with Crippen LogP contribution in [0.5, 0.6) is 11.5 Å². The van der Waals surface area contributed by atoms with Crippen LogP contribution in [0.25, 0.3) is 0 Å². The minimum absolute atomic E-state index is 0.0297. The van der Waals surface area contributed by atoms with Crippen molar-refractivity contribution in [2.75, 3.05) is 46.9 Å². The summed E-state index contributed by atoms with van der Waals surface area (Å²) in [6.07, 6.45) is 3.43. The number of phenolic OH excluding ortho intramolecular Hbond substituents is 1. The van der Waals surface area contributed by atoms with E-state index in [-0.39, 0.29) is 69.0 Å². The van der Waals surface area contributed by atoms with Gasteiger partial charge in [0.2, 0.25) is 17.7 Å². The van der Waals surface area contributed by atoms with E-state index in [0.717, 1.165) is 30.5 Å². The van der Waals surface area contributed by atoms with Crippen LogP contribution in [0.1, 0.15) is 62.5 Å². The van der Waals surface area contributed by atoms with Crippen molar-refractivity contribution in [2.45, 2.75) is 81.3 Å².